The van der Waals surface area contributed by atoms with Gasteiger partial charge >= 0.3 is 0 Å². The van der Waals surface area contributed by atoms with E-state index in [0.29, 0.717) is 0 Å². The molecule has 14 heavy (non-hydrogen) atoms. The van der Waals surface area contributed by atoms with Gasteiger partial charge in [0.05, 0.1) is 5.60 Å². The third-order valence-electron chi connectivity index (χ3n) is 2.47. The van der Waals surface area contributed by atoms with Gasteiger partial charge in [-0.25, -0.2) is 0 Å². The second kappa shape index (κ2) is 3.79. The van der Waals surface area contributed by atoms with E-state index in [-0.39, 0.29) is 0 Å². The van der Waals surface area contributed by atoms with Gasteiger partial charge < -0.3 is 5.11 Å². The van der Waals surface area contributed by atoms with Gasteiger partial charge in [-0.3, -0.25) is 0 Å². The van der Waals surface area contributed by atoms with Crippen LogP contribution < -0.4 is 0 Å². The van der Waals surface area contributed by atoms with Crippen molar-refractivity contribution in [3.8, 4) is 0 Å². The SMILES string of the molecule is CC1(O)CCS/C1=C\c1ccccc1. The zero-order valence-electron chi connectivity index (χ0n) is 8.23. The van der Waals surface area contributed by atoms with E-state index in [2.05, 4.69) is 18.2 Å². The van der Waals surface area contributed by atoms with Crippen LogP contribution >= 0.6 is 11.8 Å². The maximum atomic E-state index is 10.0. The second-order valence-corrected chi connectivity index (χ2v) is 4.93. The van der Waals surface area contributed by atoms with Crippen molar-refractivity contribution >= 4 is 17.8 Å². The third kappa shape index (κ3) is 2.02. The van der Waals surface area contributed by atoms with Gasteiger partial charge in [-0.15, -0.1) is 11.8 Å². The first kappa shape index (κ1) is 9.81. The molecule has 74 valence electrons. The maximum absolute atomic E-state index is 10.0. The van der Waals surface area contributed by atoms with Crippen LogP contribution in [0.4, 0.5) is 0 Å². The minimum Gasteiger partial charge on any atom is -0.385 e. The Hall–Kier alpha value is -0.730. The Morgan fingerprint density at radius 1 is 1.36 bits per heavy atom. The summed E-state index contributed by atoms with van der Waals surface area (Å²) in [7, 11) is 0. The predicted molar refractivity (Wildman–Crippen MR) is 62.1 cm³/mol. The smallest absolute Gasteiger partial charge is 0.0934 e. The highest BCUT2D eigenvalue weighted by Crippen LogP contribution is 2.40. The molecule has 1 aliphatic rings. The summed E-state index contributed by atoms with van der Waals surface area (Å²) in [5.74, 6) is 1.02. The molecular weight excluding hydrogens is 192 g/mol. The van der Waals surface area contributed by atoms with Crippen LogP contribution in [0.2, 0.25) is 0 Å². The van der Waals surface area contributed by atoms with Crippen LogP contribution in [0.1, 0.15) is 18.9 Å². The molecule has 0 radical (unpaired) electrons. The summed E-state index contributed by atoms with van der Waals surface area (Å²) in [6.45, 7) is 1.89. The van der Waals surface area contributed by atoms with Crippen molar-refractivity contribution in [2.45, 2.75) is 18.9 Å². The Kier molecular flexibility index (Phi) is 2.66. The first-order valence-electron chi connectivity index (χ1n) is 4.81. The molecule has 1 nitrogen and oxygen atoms in total. The van der Waals surface area contributed by atoms with E-state index < -0.39 is 5.60 Å². The molecule has 1 saturated heterocycles. The molecule has 0 spiro atoms. The number of hydrogen-bond donors (Lipinski definition) is 1. The van der Waals surface area contributed by atoms with Gasteiger partial charge in [0, 0.05) is 10.7 Å². The van der Waals surface area contributed by atoms with Crippen LogP contribution in [0, 0.1) is 0 Å². The number of benzene rings is 1. The van der Waals surface area contributed by atoms with Crippen molar-refractivity contribution in [2.75, 3.05) is 5.75 Å². The van der Waals surface area contributed by atoms with Crippen LogP contribution in [0.5, 0.6) is 0 Å². The van der Waals surface area contributed by atoms with Crippen molar-refractivity contribution in [1.82, 2.24) is 0 Å². The van der Waals surface area contributed by atoms with Gasteiger partial charge in [0.15, 0.2) is 0 Å². The molecule has 2 heteroatoms. The highest BCUT2D eigenvalue weighted by atomic mass is 32.2. The van der Waals surface area contributed by atoms with Crippen LogP contribution in [-0.4, -0.2) is 16.5 Å². The number of rotatable bonds is 1. The second-order valence-electron chi connectivity index (χ2n) is 3.79. The standard InChI is InChI=1S/C12H14OS/c1-12(13)7-8-14-11(12)9-10-5-3-2-4-6-10/h2-6,9,13H,7-8H2,1H3/b11-9-. The Labute approximate surface area is 88.8 Å². The normalized spacial score (nSPS) is 29.7. The molecule has 1 atom stereocenters. The summed E-state index contributed by atoms with van der Waals surface area (Å²) < 4.78 is 0. The first-order valence-corrected chi connectivity index (χ1v) is 5.79. The van der Waals surface area contributed by atoms with Crippen molar-refractivity contribution in [2.24, 2.45) is 0 Å². The highest BCUT2D eigenvalue weighted by Gasteiger charge is 2.31. The number of hydrogen-bond acceptors (Lipinski definition) is 2. The Bertz CT molecular complexity index is 341. The summed E-state index contributed by atoms with van der Waals surface area (Å²) in [5.41, 5.74) is 0.553. The Balaban J connectivity index is 2.27. The molecule has 1 N–H and O–H groups in total. The highest BCUT2D eigenvalue weighted by molar-refractivity contribution is 8.03. The quantitative estimate of drug-likeness (QED) is 0.762. The largest absolute Gasteiger partial charge is 0.385 e. The van der Waals surface area contributed by atoms with Crippen molar-refractivity contribution in [1.29, 1.82) is 0 Å². The lowest BCUT2D eigenvalue weighted by Gasteiger charge is -2.16. The van der Waals surface area contributed by atoms with Crippen molar-refractivity contribution < 1.29 is 5.11 Å². The average Bonchev–Trinajstić information content (AvgIpc) is 2.48. The predicted octanol–water partition coefficient (Wildman–Crippen LogP) is 2.92. The van der Waals surface area contributed by atoms with E-state index in [1.54, 1.807) is 11.8 Å². The molecule has 0 amide bonds. The van der Waals surface area contributed by atoms with E-state index in [4.69, 9.17) is 0 Å². The lowest BCUT2D eigenvalue weighted by Crippen LogP contribution is -2.20. The van der Waals surface area contributed by atoms with Gasteiger partial charge in [-0.2, -0.15) is 0 Å². The first-order chi connectivity index (χ1) is 6.68. The number of thioether (sulfide) groups is 1. The minimum atomic E-state index is -0.611. The molecule has 1 aromatic rings. The monoisotopic (exact) mass is 206 g/mol. The third-order valence-corrected chi connectivity index (χ3v) is 3.75. The maximum Gasteiger partial charge on any atom is 0.0934 e. The molecule has 1 heterocycles. The molecule has 1 unspecified atom stereocenters. The van der Waals surface area contributed by atoms with E-state index in [1.807, 2.05) is 25.1 Å². The Morgan fingerprint density at radius 3 is 2.64 bits per heavy atom. The average molecular weight is 206 g/mol. The van der Waals surface area contributed by atoms with Gasteiger partial charge in [0.2, 0.25) is 0 Å². The molecule has 0 aliphatic carbocycles. The fourth-order valence-corrected chi connectivity index (χ4v) is 2.89. The zero-order chi connectivity index (χ0) is 10.0. The summed E-state index contributed by atoms with van der Waals surface area (Å²) >= 11 is 1.76. The van der Waals surface area contributed by atoms with E-state index in [0.717, 1.165) is 22.6 Å². The summed E-state index contributed by atoms with van der Waals surface area (Å²) in [6, 6.07) is 10.1. The van der Waals surface area contributed by atoms with Crippen LogP contribution in [0.3, 0.4) is 0 Å². The van der Waals surface area contributed by atoms with Gasteiger partial charge in [0.1, 0.15) is 0 Å². The number of aliphatic hydroxyl groups is 1. The summed E-state index contributed by atoms with van der Waals surface area (Å²) in [5, 5.41) is 10.0. The summed E-state index contributed by atoms with van der Waals surface area (Å²) in [6.07, 6.45) is 2.94. The molecule has 1 aromatic carbocycles. The van der Waals surface area contributed by atoms with E-state index in [9.17, 15) is 5.11 Å². The van der Waals surface area contributed by atoms with Gasteiger partial charge in [0.25, 0.3) is 0 Å². The topological polar surface area (TPSA) is 20.2 Å². The molecular formula is C12H14OS. The summed E-state index contributed by atoms with van der Waals surface area (Å²) in [4.78, 5) is 1.09. The fourth-order valence-electron chi connectivity index (χ4n) is 1.54. The van der Waals surface area contributed by atoms with Crippen molar-refractivity contribution in [3.05, 3.63) is 40.8 Å². The van der Waals surface area contributed by atoms with Gasteiger partial charge in [-0.1, -0.05) is 30.3 Å². The molecule has 2 rings (SSSR count). The van der Waals surface area contributed by atoms with Crippen LogP contribution in [0.25, 0.3) is 6.08 Å². The lowest BCUT2D eigenvalue weighted by molar-refractivity contribution is 0.111. The van der Waals surface area contributed by atoms with Crippen LogP contribution in [-0.2, 0) is 0 Å². The molecule has 0 bridgehead atoms. The van der Waals surface area contributed by atoms with Gasteiger partial charge in [-0.05, 0) is 25.0 Å². The van der Waals surface area contributed by atoms with Crippen molar-refractivity contribution in [3.63, 3.8) is 0 Å². The van der Waals surface area contributed by atoms with Crippen LogP contribution in [0.15, 0.2) is 35.2 Å². The molecule has 1 fully saturated rings. The van der Waals surface area contributed by atoms with E-state index in [1.165, 1.54) is 0 Å². The molecule has 0 aromatic heterocycles. The Morgan fingerprint density at radius 2 is 2.07 bits per heavy atom. The minimum absolute atomic E-state index is 0.611. The van der Waals surface area contributed by atoms with E-state index >= 15 is 0 Å². The molecule has 1 aliphatic heterocycles. The lowest BCUT2D eigenvalue weighted by atomic mass is 10.0. The fraction of sp³-hybridized carbons (Fsp3) is 0.333. The zero-order valence-corrected chi connectivity index (χ0v) is 9.05. The molecule has 0 saturated carbocycles.